The van der Waals surface area contributed by atoms with E-state index < -0.39 is 0 Å². The van der Waals surface area contributed by atoms with E-state index in [0.717, 1.165) is 29.2 Å². The summed E-state index contributed by atoms with van der Waals surface area (Å²) in [6.45, 7) is 4.29. The van der Waals surface area contributed by atoms with Crippen molar-refractivity contribution in [2.75, 3.05) is 6.54 Å². The number of hydrogen-bond acceptors (Lipinski definition) is 6. The van der Waals surface area contributed by atoms with Crippen LogP contribution in [-0.4, -0.2) is 37.3 Å². The number of carbonyl (C=O) groups is 1. The van der Waals surface area contributed by atoms with Gasteiger partial charge in [-0.05, 0) is 32.4 Å². The predicted octanol–water partition coefficient (Wildman–Crippen LogP) is 3.14. The van der Waals surface area contributed by atoms with E-state index in [1.807, 2.05) is 31.2 Å². The summed E-state index contributed by atoms with van der Waals surface area (Å²) in [6, 6.07) is -0.217. The first-order chi connectivity index (χ1) is 13.6. The highest BCUT2D eigenvalue weighted by molar-refractivity contribution is 7.47. The van der Waals surface area contributed by atoms with Gasteiger partial charge in [0.1, 0.15) is 0 Å². The minimum absolute atomic E-state index is 0.174. The summed E-state index contributed by atoms with van der Waals surface area (Å²) in [7, 11) is 0. The average molecular weight is 396 g/mol. The second-order valence-corrected chi connectivity index (χ2v) is 6.89. The molecule has 2 aromatic heterocycles. The molecule has 144 valence electrons. The van der Waals surface area contributed by atoms with Gasteiger partial charge in [-0.3, -0.25) is 4.79 Å². The van der Waals surface area contributed by atoms with Gasteiger partial charge in [-0.1, -0.05) is 16.6 Å². The van der Waals surface area contributed by atoms with E-state index in [1.165, 1.54) is 6.39 Å². The van der Waals surface area contributed by atoms with Crippen molar-refractivity contribution >= 4 is 18.3 Å². The van der Waals surface area contributed by atoms with Crippen molar-refractivity contribution in [1.29, 1.82) is 0 Å². The number of hydrogen-bond donors (Lipinski definition) is 1. The molecular weight excluding hydrogens is 376 g/mol. The molecule has 0 bridgehead atoms. The van der Waals surface area contributed by atoms with E-state index in [9.17, 15) is 4.79 Å². The number of H-pyrrole nitrogens is 1. The number of fused-ring (bicyclic) bond motifs is 1. The first-order valence-corrected chi connectivity index (χ1v) is 9.38. The molecule has 1 amide bonds. The standard InChI is InChI=1S/C19H20N6O2S/c1-12-4-3-5-14(25(12)23-28)6-7-16-17-15(20-10-21-17)8-9-24(16)19(26)18-13(2)22-11-27-18/h3-6,10-11,16H,7-9H2,1-2H3,(H,20,21)/b14-6-/t16-/m0/s1. The zero-order valence-corrected chi connectivity index (χ0v) is 16.4. The highest BCUT2D eigenvalue weighted by Crippen LogP contribution is 2.33. The SMILES string of the molecule is CC1=CC=C/C(=C/C[C@H]2c3nc[nH]c3CCN2C(=O)c2ocnc2C)N1N=S. The van der Waals surface area contributed by atoms with Gasteiger partial charge < -0.3 is 14.3 Å². The van der Waals surface area contributed by atoms with Crippen LogP contribution in [0.1, 0.15) is 47.0 Å². The maximum Gasteiger partial charge on any atom is 0.292 e. The lowest BCUT2D eigenvalue weighted by Gasteiger charge is -2.34. The maximum absolute atomic E-state index is 13.1. The van der Waals surface area contributed by atoms with Crippen LogP contribution in [-0.2, 0) is 18.8 Å². The quantitative estimate of drug-likeness (QED) is 0.854. The molecule has 4 heterocycles. The van der Waals surface area contributed by atoms with Gasteiger partial charge in [0.2, 0.25) is 5.76 Å². The molecule has 2 aromatic rings. The normalized spacial score (nSPS) is 20.3. The summed E-state index contributed by atoms with van der Waals surface area (Å²) in [6.07, 6.45) is 12.2. The van der Waals surface area contributed by atoms with Crippen LogP contribution < -0.4 is 0 Å². The number of nitrogens with one attached hydrogen (secondary N) is 1. The van der Waals surface area contributed by atoms with Crippen molar-refractivity contribution < 1.29 is 9.21 Å². The lowest BCUT2D eigenvalue weighted by molar-refractivity contribution is 0.0623. The van der Waals surface area contributed by atoms with Crippen molar-refractivity contribution in [2.45, 2.75) is 32.7 Å². The first-order valence-electron chi connectivity index (χ1n) is 9.02. The van der Waals surface area contributed by atoms with Gasteiger partial charge in [0, 0.05) is 24.4 Å². The van der Waals surface area contributed by atoms with E-state index in [1.54, 1.807) is 23.2 Å². The monoisotopic (exact) mass is 396 g/mol. The third-order valence-electron chi connectivity index (χ3n) is 5.06. The number of amides is 1. The topological polar surface area (TPSA) is 90.6 Å². The number of carbonyl (C=O) groups excluding carboxylic acids is 1. The molecule has 28 heavy (non-hydrogen) atoms. The Labute approximate surface area is 167 Å². The molecule has 9 heteroatoms. The first kappa shape index (κ1) is 18.3. The minimum atomic E-state index is -0.217. The van der Waals surface area contributed by atoms with Gasteiger partial charge in [-0.2, -0.15) is 0 Å². The fourth-order valence-electron chi connectivity index (χ4n) is 3.60. The molecule has 4 rings (SSSR count). The maximum atomic E-state index is 13.1. The third kappa shape index (κ3) is 3.18. The van der Waals surface area contributed by atoms with E-state index in [-0.39, 0.29) is 17.7 Å². The van der Waals surface area contributed by atoms with Crippen molar-refractivity contribution in [3.63, 3.8) is 0 Å². The van der Waals surface area contributed by atoms with Crippen molar-refractivity contribution in [3.8, 4) is 0 Å². The zero-order valence-electron chi connectivity index (χ0n) is 15.6. The largest absolute Gasteiger partial charge is 0.438 e. The number of imidazole rings is 1. The van der Waals surface area contributed by atoms with Crippen LogP contribution in [0, 0.1) is 6.92 Å². The fraction of sp³-hybridized carbons (Fsp3) is 0.316. The van der Waals surface area contributed by atoms with Gasteiger partial charge in [0.25, 0.3) is 5.91 Å². The summed E-state index contributed by atoms with van der Waals surface area (Å²) in [4.78, 5) is 26.6. The zero-order chi connectivity index (χ0) is 19.7. The predicted molar refractivity (Wildman–Crippen MR) is 105 cm³/mol. The molecule has 0 spiro atoms. The Morgan fingerprint density at radius 1 is 1.46 bits per heavy atom. The van der Waals surface area contributed by atoms with Gasteiger partial charge in [0.15, 0.2) is 6.39 Å². The van der Waals surface area contributed by atoms with E-state index in [4.69, 9.17) is 16.8 Å². The molecular formula is C19H20N6O2S. The minimum Gasteiger partial charge on any atom is -0.438 e. The molecule has 2 aliphatic rings. The van der Waals surface area contributed by atoms with Crippen molar-refractivity contribution in [2.24, 2.45) is 4.47 Å². The van der Waals surface area contributed by atoms with Gasteiger partial charge in [-0.25, -0.2) is 15.0 Å². The Morgan fingerprint density at radius 2 is 2.32 bits per heavy atom. The van der Waals surface area contributed by atoms with E-state index in [2.05, 4.69) is 19.4 Å². The third-order valence-corrected chi connectivity index (χ3v) is 5.23. The van der Waals surface area contributed by atoms with Crippen LogP contribution in [0.15, 0.2) is 57.3 Å². The Morgan fingerprint density at radius 3 is 3.07 bits per heavy atom. The second-order valence-electron chi connectivity index (χ2n) is 6.72. The van der Waals surface area contributed by atoms with Gasteiger partial charge in [0.05, 0.1) is 41.9 Å². The number of aryl methyl sites for hydroxylation is 1. The molecule has 0 unspecified atom stereocenters. The molecule has 0 aliphatic carbocycles. The number of oxazole rings is 1. The molecule has 2 aliphatic heterocycles. The van der Waals surface area contributed by atoms with Gasteiger partial charge >= 0.3 is 0 Å². The molecule has 0 saturated carbocycles. The fourth-order valence-corrected chi connectivity index (χ4v) is 3.83. The van der Waals surface area contributed by atoms with Gasteiger partial charge in [-0.15, -0.1) is 0 Å². The Hall–Kier alpha value is -3.07. The molecule has 0 radical (unpaired) electrons. The molecule has 0 fully saturated rings. The molecule has 1 atom stereocenters. The average Bonchev–Trinajstić information content (AvgIpc) is 3.34. The smallest absolute Gasteiger partial charge is 0.292 e. The summed E-state index contributed by atoms with van der Waals surface area (Å²) >= 11 is 4.91. The highest BCUT2D eigenvalue weighted by Gasteiger charge is 2.34. The lowest BCUT2D eigenvalue weighted by Crippen LogP contribution is -2.40. The van der Waals surface area contributed by atoms with E-state index >= 15 is 0 Å². The Kier molecular flexibility index (Phi) is 4.91. The van der Waals surface area contributed by atoms with Crippen LogP contribution in [0.5, 0.6) is 0 Å². The number of rotatable bonds is 4. The van der Waals surface area contributed by atoms with Crippen LogP contribution >= 0.6 is 0 Å². The number of allylic oxidation sites excluding steroid dienone is 4. The highest BCUT2D eigenvalue weighted by atomic mass is 32.1. The van der Waals surface area contributed by atoms with Crippen LogP contribution in [0.3, 0.4) is 0 Å². The number of aromatic amines is 1. The van der Waals surface area contributed by atoms with Crippen LogP contribution in [0.25, 0.3) is 0 Å². The van der Waals surface area contributed by atoms with Crippen LogP contribution in [0.4, 0.5) is 0 Å². The number of aromatic nitrogens is 3. The number of nitrogens with zero attached hydrogens (tertiary/aromatic N) is 5. The van der Waals surface area contributed by atoms with Crippen molar-refractivity contribution in [3.05, 3.63) is 71.3 Å². The summed E-state index contributed by atoms with van der Waals surface area (Å²) < 4.78 is 9.26. The Balaban J connectivity index is 1.65. The summed E-state index contributed by atoms with van der Waals surface area (Å²) in [5, 5.41) is 1.70. The molecule has 8 nitrogen and oxygen atoms in total. The van der Waals surface area contributed by atoms with Crippen molar-refractivity contribution in [1.82, 2.24) is 24.9 Å². The van der Waals surface area contributed by atoms with E-state index in [0.29, 0.717) is 18.7 Å². The summed E-state index contributed by atoms with van der Waals surface area (Å²) in [5.41, 5.74) is 4.34. The molecule has 0 saturated heterocycles. The summed E-state index contributed by atoms with van der Waals surface area (Å²) in [5.74, 6) is 0.0993. The molecule has 0 aromatic carbocycles. The second kappa shape index (κ2) is 7.51. The lowest BCUT2D eigenvalue weighted by atomic mass is 9.98. The molecule has 1 N–H and O–H groups in total. The Bertz CT molecular complexity index is 1000. The van der Waals surface area contributed by atoms with Crippen LogP contribution in [0.2, 0.25) is 0 Å².